The maximum Gasteiger partial charge on any atom is 0.274 e. The summed E-state index contributed by atoms with van der Waals surface area (Å²) in [7, 11) is -3.68. The molecule has 0 amide bonds. The van der Waals surface area contributed by atoms with Gasteiger partial charge in [-0.1, -0.05) is 0 Å². The first-order valence-electron chi connectivity index (χ1n) is 5.04. The van der Waals surface area contributed by atoms with Crippen LogP contribution in [-0.2, 0) is 10.0 Å². The van der Waals surface area contributed by atoms with Crippen LogP contribution in [0.2, 0.25) is 0 Å². The Morgan fingerprint density at radius 3 is 2.61 bits per heavy atom. The van der Waals surface area contributed by atoms with Crippen LogP contribution in [0.1, 0.15) is 19.8 Å². The molecule has 2 rings (SSSR count). The van der Waals surface area contributed by atoms with Crippen LogP contribution in [0.3, 0.4) is 0 Å². The maximum absolute atomic E-state index is 12.1. The van der Waals surface area contributed by atoms with Crippen LogP contribution in [-0.4, -0.2) is 19.9 Å². The first-order chi connectivity index (χ1) is 8.23. The molecule has 5 nitrogen and oxygen atoms in total. The van der Waals surface area contributed by atoms with E-state index in [-0.39, 0.29) is 15.7 Å². The van der Waals surface area contributed by atoms with Crippen molar-refractivity contribution in [3.8, 4) is 0 Å². The van der Waals surface area contributed by atoms with Crippen LogP contribution >= 0.6 is 43.2 Å². The molecule has 18 heavy (non-hydrogen) atoms. The van der Waals surface area contributed by atoms with E-state index in [1.807, 2.05) is 6.92 Å². The lowest BCUT2D eigenvalue weighted by Gasteiger charge is -2.08. The van der Waals surface area contributed by atoms with Gasteiger partial charge in [-0.2, -0.15) is 0 Å². The van der Waals surface area contributed by atoms with Crippen LogP contribution in [0.5, 0.6) is 0 Å². The second kappa shape index (κ2) is 4.77. The van der Waals surface area contributed by atoms with Gasteiger partial charge in [0, 0.05) is 9.85 Å². The van der Waals surface area contributed by atoms with Gasteiger partial charge >= 0.3 is 0 Å². The zero-order valence-corrected chi connectivity index (χ0v) is 14.2. The smallest absolute Gasteiger partial charge is 0.274 e. The molecule has 9 heteroatoms. The molecular weight excluding hydrogens is 406 g/mol. The number of hydrogen-bond donors (Lipinski definition) is 2. The minimum absolute atomic E-state index is 0.0635. The van der Waals surface area contributed by atoms with E-state index in [1.165, 1.54) is 0 Å². The molecule has 1 saturated carbocycles. The van der Waals surface area contributed by atoms with Gasteiger partial charge in [-0.15, -0.1) is 11.3 Å². The molecule has 1 aliphatic rings. The molecule has 0 atom stereocenters. The van der Waals surface area contributed by atoms with Gasteiger partial charge in [-0.05, 0) is 51.6 Å². The molecule has 0 unspecified atom stereocenters. The summed E-state index contributed by atoms with van der Waals surface area (Å²) in [5.74, 6) is -0.0635. The number of guanidine groups is 1. The SMILES string of the molecule is CC1(N=C(N)NS(=O)(=O)c2scc(Br)c2Br)CC1. The lowest BCUT2D eigenvalue weighted by Crippen LogP contribution is -2.37. The summed E-state index contributed by atoms with van der Waals surface area (Å²) in [5, 5.41) is 1.69. The van der Waals surface area contributed by atoms with Crippen molar-refractivity contribution < 1.29 is 8.42 Å². The van der Waals surface area contributed by atoms with Gasteiger partial charge in [0.05, 0.1) is 10.0 Å². The highest BCUT2D eigenvalue weighted by Crippen LogP contribution is 2.39. The average molecular weight is 417 g/mol. The molecule has 0 bridgehead atoms. The van der Waals surface area contributed by atoms with E-state index in [9.17, 15) is 8.42 Å². The Morgan fingerprint density at radius 2 is 2.17 bits per heavy atom. The summed E-state index contributed by atoms with van der Waals surface area (Å²) in [4.78, 5) is 4.15. The first kappa shape index (κ1) is 14.3. The van der Waals surface area contributed by atoms with Crippen molar-refractivity contribution in [2.75, 3.05) is 0 Å². The highest BCUT2D eigenvalue weighted by atomic mass is 79.9. The quantitative estimate of drug-likeness (QED) is 0.586. The second-order valence-corrected chi connectivity index (χ2v) is 8.69. The van der Waals surface area contributed by atoms with Crippen molar-refractivity contribution >= 4 is 59.2 Å². The number of halogens is 2. The minimum Gasteiger partial charge on any atom is -0.369 e. The number of sulfonamides is 1. The average Bonchev–Trinajstić information content (AvgIpc) is 2.83. The lowest BCUT2D eigenvalue weighted by atomic mass is 10.3. The first-order valence-corrected chi connectivity index (χ1v) is 8.99. The predicted octanol–water partition coefficient (Wildman–Crippen LogP) is 2.42. The van der Waals surface area contributed by atoms with Crippen molar-refractivity contribution in [3.63, 3.8) is 0 Å². The van der Waals surface area contributed by atoms with Crippen molar-refractivity contribution in [2.45, 2.75) is 29.5 Å². The molecule has 100 valence electrons. The van der Waals surface area contributed by atoms with E-state index < -0.39 is 10.0 Å². The van der Waals surface area contributed by atoms with E-state index in [1.54, 1.807) is 5.38 Å². The Hall–Kier alpha value is -0.120. The lowest BCUT2D eigenvalue weighted by molar-refractivity contribution is 0.593. The number of thiophene rings is 1. The number of nitrogens with two attached hydrogens (primary N) is 1. The van der Waals surface area contributed by atoms with Gasteiger partial charge in [-0.3, -0.25) is 0 Å². The number of nitrogens with one attached hydrogen (secondary N) is 1. The van der Waals surface area contributed by atoms with Crippen LogP contribution in [0, 0.1) is 0 Å². The van der Waals surface area contributed by atoms with Crippen LogP contribution in [0.4, 0.5) is 0 Å². The van der Waals surface area contributed by atoms with E-state index in [2.05, 4.69) is 41.6 Å². The summed E-state index contributed by atoms with van der Waals surface area (Å²) in [6.07, 6.45) is 1.87. The minimum atomic E-state index is -3.68. The normalized spacial score (nSPS) is 18.7. The number of nitrogens with zero attached hydrogens (tertiary/aromatic N) is 1. The zero-order valence-electron chi connectivity index (χ0n) is 9.41. The third kappa shape index (κ3) is 3.06. The summed E-state index contributed by atoms with van der Waals surface area (Å²) in [5.41, 5.74) is 5.42. The Kier molecular flexibility index (Phi) is 3.79. The Balaban J connectivity index is 2.22. The summed E-state index contributed by atoms with van der Waals surface area (Å²) in [6.45, 7) is 1.94. The van der Waals surface area contributed by atoms with E-state index >= 15 is 0 Å². The fraction of sp³-hybridized carbons (Fsp3) is 0.444. The van der Waals surface area contributed by atoms with Crippen molar-refractivity contribution in [1.82, 2.24) is 4.72 Å². The van der Waals surface area contributed by atoms with E-state index in [0.29, 0.717) is 8.95 Å². The third-order valence-corrected chi connectivity index (χ3v) is 8.20. The van der Waals surface area contributed by atoms with Gasteiger partial charge in [0.15, 0.2) is 4.21 Å². The fourth-order valence-electron chi connectivity index (χ4n) is 1.28. The van der Waals surface area contributed by atoms with Crippen molar-refractivity contribution in [1.29, 1.82) is 0 Å². The molecule has 0 aromatic carbocycles. The van der Waals surface area contributed by atoms with Crippen LogP contribution in [0.25, 0.3) is 0 Å². The monoisotopic (exact) mass is 415 g/mol. The van der Waals surface area contributed by atoms with Gasteiger partial charge < -0.3 is 5.73 Å². The molecule has 1 aliphatic carbocycles. The molecule has 0 saturated heterocycles. The molecule has 0 aliphatic heterocycles. The molecule has 0 radical (unpaired) electrons. The molecule has 0 spiro atoms. The molecule has 1 aromatic rings. The third-order valence-electron chi connectivity index (χ3n) is 2.51. The van der Waals surface area contributed by atoms with Crippen LogP contribution in [0.15, 0.2) is 23.5 Å². The van der Waals surface area contributed by atoms with E-state index in [4.69, 9.17) is 5.73 Å². The second-order valence-electron chi connectivity index (χ2n) is 4.28. The standard InChI is InChI=1S/C9H11Br2N3O2S2/c1-9(2-3-9)13-8(12)14-18(15,16)7-6(11)5(10)4-17-7/h4H,2-3H2,1H3,(H3,12,13,14). The highest BCUT2D eigenvalue weighted by Gasteiger charge is 2.37. The number of hydrogen-bond acceptors (Lipinski definition) is 4. The number of rotatable bonds is 3. The predicted molar refractivity (Wildman–Crippen MR) is 79.3 cm³/mol. The largest absolute Gasteiger partial charge is 0.369 e. The fourth-order valence-corrected chi connectivity index (χ4v) is 5.28. The van der Waals surface area contributed by atoms with Crippen molar-refractivity contribution in [3.05, 3.63) is 14.3 Å². The van der Waals surface area contributed by atoms with Crippen molar-refractivity contribution in [2.24, 2.45) is 10.7 Å². The zero-order chi connectivity index (χ0) is 13.6. The summed E-state index contributed by atoms with van der Waals surface area (Å²) < 4.78 is 27.8. The Labute approximate surface area is 126 Å². The van der Waals surface area contributed by atoms with E-state index in [0.717, 1.165) is 24.2 Å². The number of aliphatic imine (C=N–C) groups is 1. The summed E-state index contributed by atoms with van der Waals surface area (Å²) in [6, 6.07) is 0. The summed E-state index contributed by atoms with van der Waals surface area (Å²) >= 11 is 7.56. The molecular formula is C9H11Br2N3O2S2. The molecule has 1 fully saturated rings. The molecule has 3 N–H and O–H groups in total. The molecule has 1 aromatic heterocycles. The highest BCUT2D eigenvalue weighted by molar-refractivity contribution is 9.13. The maximum atomic E-state index is 12.1. The molecule has 1 heterocycles. The Morgan fingerprint density at radius 1 is 1.56 bits per heavy atom. The Bertz CT molecular complexity index is 605. The van der Waals surface area contributed by atoms with Gasteiger partial charge in [0.25, 0.3) is 10.0 Å². The topological polar surface area (TPSA) is 84.5 Å². The van der Waals surface area contributed by atoms with Crippen LogP contribution < -0.4 is 10.5 Å². The van der Waals surface area contributed by atoms with Gasteiger partial charge in [0.1, 0.15) is 0 Å². The van der Waals surface area contributed by atoms with Gasteiger partial charge in [-0.25, -0.2) is 18.1 Å². The van der Waals surface area contributed by atoms with Gasteiger partial charge in [0.2, 0.25) is 5.96 Å².